The van der Waals surface area contributed by atoms with Gasteiger partial charge in [0.25, 0.3) is 0 Å². The first kappa shape index (κ1) is 17.3. The van der Waals surface area contributed by atoms with E-state index in [4.69, 9.17) is 16.3 Å². The molecule has 0 atom stereocenters. The molecule has 22 heavy (non-hydrogen) atoms. The number of hydrogen-bond acceptors (Lipinski definition) is 3. The van der Waals surface area contributed by atoms with E-state index < -0.39 is 10.0 Å². The van der Waals surface area contributed by atoms with Gasteiger partial charge in [-0.05, 0) is 42.3 Å². The Hall–Kier alpha value is -1.08. The third-order valence-electron chi connectivity index (χ3n) is 3.02. The number of sulfonamides is 1. The Morgan fingerprint density at radius 1 is 1.23 bits per heavy atom. The average molecular weight is 405 g/mol. The Morgan fingerprint density at radius 3 is 2.73 bits per heavy atom. The molecule has 0 fully saturated rings. The summed E-state index contributed by atoms with van der Waals surface area (Å²) in [6.45, 7) is 0.276. The van der Waals surface area contributed by atoms with Gasteiger partial charge in [0.15, 0.2) is 0 Å². The highest BCUT2D eigenvalue weighted by Crippen LogP contribution is 2.25. The summed E-state index contributed by atoms with van der Waals surface area (Å²) in [6, 6.07) is 12.2. The molecule has 0 aliphatic rings. The second-order valence-corrected chi connectivity index (χ2v) is 7.63. The first-order valence-electron chi connectivity index (χ1n) is 6.50. The summed E-state index contributed by atoms with van der Waals surface area (Å²) in [6.07, 6.45) is 0.558. The molecule has 2 aromatic carbocycles. The highest BCUT2D eigenvalue weighted by atomic mass is 79.9. The van der Waals surface area contributed by atoms with Gasteiger partial charge in [0.2, 0.25) is 10.0 Å². The van der Waals surface area contributed by atoms with Crippen molar-refractivity contribution in [2.24, 2.45) is 0 Å². The number of methoxy groups -OCH3 is 1. The molecule has 1 N–H and O–H groups in total. The maximum atomic E-state index is 12.3. The lowest BCUT2D eigenvalue weighted by molar-refractivity contribution is 0.414. The lowest BCUT2D eigenvalue weighted by Crippen LogP contribution is -2.26. The topological polar surface area (TPSA) is 55.4 Å². The van der Waals surface area contributed by atoms with Gasteiger partial charge < -0.3 is 4.74 Å². The van der Waals surface area contributed by atoms with Gasteiger partial charge in [-0.3, -0.25) is 0 Å². The third-order valence-corrected chi connectivity index (χ3v) is 5.46. The summed E-state index contributed by atoms with van der Waals surface area (Å²) in [5.41, 5.74) is 0.988. The van der Waals surface area contributed by atoms with Crippen molar-refractivity contribution in [2.45, 2.75) is 11.3 Å². The zero-order chi connectivity index (χ0) is 16.2. The van der Waals surface area contributed by atoms with Crippen LogP contribution in [0.4, 0.5) is 0 Å². The van der Waals surface area contributed by atoms with Crippen molar-refractivity contribution in [1.82, 2.24) is 4.72 Å². The van der Waals surface area contributed by atoms with E-state index in [1.165, 1.54) is 6.07 Å². The van der Waals surface area contributed by atoms with Crippen molar-refractivity contribution >= 4 is 37.6 Å². The lowest BCUT2D eigenvalue weighted by atomic mass is 10.1. The van der Waals surface area contributed by atoms with Gasteiger partial charge in [-0.1, -0.05) is 39.7 Å². The predicted octanol–water partition coefficient (Wildman–Crippen LogP) is 3.63. The number of ether oxygens (including phenoxy) is 1. The van der Waals surface area contributed by atoms with Crippen LogP contribution in [0, 0.1) is 0 Å². The molecule has 0 aromatic heterocycles. The summed E-state index contributed by atoms with van der Waals surface area (Å²) >= 11 is 9.20. The fourth-order valence-electron chi connectivity index (χ4n) is 1.92. The zero-order valence-electron chi connectivity index (χ0n) is 11.8. The molecule has 2 aromatic rings. The maximum absolute atomic E-state index is 12.3. The van der Waals surface area contributed by atoms with Crippen LogP contribution in [0.25, 0.3) is 0 Å². The summed E-state index contributed by atoms with van der Waals surface area (Å²) < 4.78 is 32.9. The van der Waals surface area contributed by atoms with Gasteiger partial charge in [-0.15, -0.1) is 0 Å². The fourth-order valence-corrected chi connectivity index (χ4v) is 3.99. The summed E-state index contributed by atoms with van der Waals surface area (Å²) in [5, 5.41) is 0.192. The molecule has 7 heteroatoms. The van der Waals surface area contributed by atoms with Crippen LogP contribution in [0.2, 0.25) is 5.02 Å². The molecule has 118 valence electrons. The van der Waals surface area contributed by atoms with Crippen LogP contribution in [0.1, 0.15) is 5.56 Å². The van der Waals surface area contributed by atoms with Crippen LogP contribution in [0.15, 0.2) is 51.8 Å². The van der Waals surface area contributed by atoms with Crippen LogP contribution in [0.5, 0.6) is 5.75 Å². The zero-order valence-corrected chi connectivity index (χ0v) is 15.0. The SMILES string of the molecule is COc1cccc(CCNS(=O)(=O)c2cc(Br)ccc2Cl)c1. The number of hydrogen-bond donors (Lipinski definition) is 1. The van der Waals surface area contributed by atoms with Crippen molar-refractivity contribution in [1.29, 1.82) is 0 Å². The van der Waals surface area contributed by atoms with Crippen molar-refractivity contribution in [3.05, 3.63) is 57.5 Å². The van der Waals surface area contributed by atoms with Crippen molar-refractivity contribution < 1.29 is 13.2 Å². The maximum Gasteiger partial charge on any atom is 0.242 e. The smallest absolute Gasteiger partial charge is 0.242 e. The van der Waals surface area contributed by atoms with E-state index in [0.29, 0.717) is 10.9 Å². The van der Waals surface area contributed by atoms with E-state index in [2.05, 4.69) is 20.7 Å². The molecule has 0 saturated heterocycles. The third kappa shape index (κ3) is 4.46. The second-order valence-electron chi connectivity index (χ2n) is 4.57. The van der Waals surface area contributed by atoms with Crippen molar-refractivity contribution in [2.75, 3.05) is 13.7 Å². The predicted molar refractivity (Wildman–Crippen MR) is 91.0 cm³/mol. The Morgan fingerprint density at radius 2 is 2.00 bits per heavy atom. The molecule has 0 heterocycles. The van der Waals surface area contributed by atoms with Gasteiger partial charge >= 0.3 is 0 Å². The van der Waals surface area contributed by atoms with Gasteiger partial charge in [0.05, 0.1) is 12.1 Å². The molecule has 0 spiro atoms. The highest BCUT2D eigenvalue weighted by Gasteiger charge is 2.17. The monoisotopic (exact) mass is 403 g/mol. The van der Waals surface area contributed by atoms with Gasteiger partial charge in [-0.25, -0.2) is 13.1 Å². The molecular weight excluding hydrogens is 390 g/mol. The lowest BCUT2D eigenvalue weighted by Gasteiger charge is -2.09. The van der Waals surface area contributed by atoms with Crippen LogP contribution >= 0.6 is 27.5 Å². The quantitative estimate of drug-likeness (QED) is 0.800. The molecule has 0 radical (unpaired) electrons. The summed E-state index contributed by atoms with van der Waals surface area (Å²) in [5.74, 6) is 0.746. The van der Waals surface area contributed by atoms with Crippen LogP contribution in [-0.4, -0.2) is 22.1 Å². The largest absolute Gasteiger partial charge is 0.497 e. The van der Waals surface area contributed by atoms with Crippen LogP contribution < -0.4 is 9.46 Å². The first-order valence-corrected chi connectivity index (χ1v) is 9.15. The molecule has 0 aliphatic heterocycles. The molecule has 0 amide bonds. The minimum absolute atomic E-state index is 0.0641. The first-order chi connectivity index (χ1) is 10.4. The fraction of sp³-hybridized carbons (Fsp3) is 0.200. The Balaban J connectivity index is 2.05. The molecule has 0 aliphatic carbocycles. The van der Waals surface area contributed by atoms with E-state index in [0.717, 1.165) is 11.3 Å². The Labute approximate surface area is 143 Å². The van der Waals surface area contributed by atoms with Gasteiger partial charge in [-0.2, -0.15) is 0 Å². The summed E-state index contributed by atoms with van der Waals surface area (Å²) in [7, 11) is -2.05. The molecule has 0 bridgehead atoms. The van der Waals surface area contributed by atoms with Crippen LogP contribution in [-0.2, 0) is 16.4 Å². The van der Waals surface area contributed by atoms with E-state index in [1.54, 1.807) is 19.2 Å². The minimum atomic E-state index is -3.64. The number of rotatable bonds is 6. The number of benzene rings is 2. The standard InChI is InChI=1S/C15H15BrClNO3S/c1-21-13-4-2-3-11(9-13)7-8-18-22(19,20)15-10-12(16)5-6-14(15)17/h2-6,9-10,18H,7-8H2,1H3. The molecule has 0 unspecified atom stereocenters. The number of nitrogens with one attached hydrogen (secondary N) is 1. The average Bonchev–Trinajstić information content (AvgIpc) is 2.49. The van der Waals surface area contributed by atoms with E-state index in [-0.39, 0.29) is 16.5 Å². The number of halogens is 2. The van der Waals surface area contributed by atoms with Crippen molar-refractivity contribution in [3.63, 3.8) is 0 Å². The minimum Gasteiger partial charge on any atom is -0.497 e. The van der Waals surface area contributed by atoms with E-state index in [9.17, 15) is 8.42 Å². The van der Waals surface area contributed by atoms with Crippen molar-refractivity contribution in [3.8, 4) is 5.75 Å². The van der Waals surface area contributed by atoms with Gasteiger partial charge in [0, 0.05) is 11.0 Å². The second kappa shape index (κ2) is 7.46. The van der Waals surface area contributed by atoms with E-state index >= 15 is 0 Å². The van der Waals surface area contributed by atoms with Gasteiger partial charge in [0.1, 0.15) is 10.6 Å². The Bertz CT molecular complexity index is 765. The Kier molecular flexibility index (Phi) is 5.86. The van der Waals surface area contributed by atoms with E-state index in [1.807, 2.05) is 24.3 Å². The van der Waals surface area contributed by atoms with Crippen LogP contribution in [0.3, 0.4) is 0 Å². The normalized spacial score (nSPS) is 11.4. The molecule has 4 nitrogen and oxygen atoms in total. The molecule has 2 rings (SSSR count). The molecule has 0 saturated carbocycles. The summed E-state index contributed by atoms with van der Waals surface area (Å²) in [4.78, 5) is 0.0641. The molecular formula is C15H15BrClNO3S. The highest BCUT2D eigenvalue weighted by molar-refractivity contribution is 9.10.